The molecule has 6 heteroatoms. The van der Waals surface area contributed by atoms with Crippen LogP contribution in [-0.4, -0.2) is 11.0 Å². The molecule has 5 nitrogen and oxygen atoms in total. The zero-order valence-electron chi connectivity index (χ0n) is 2.72. The Balaban J connectivity index is 0. The molecule has 0 saturated carbocycles. The van der Waals surface area contributed by atoms with Gasteiger partial charge in [0.2, 0.25) is 0 Å². The maximum absolute atomic E-state index is 0. The fraction of sp³-hybridized carbons (Fsp3) is 0. The van der Waals surface area contributed by atoms with E-state index in [1.54, 1.807) is 0 Å². The van der Waals surface area contributed by atoms with Crippen LogP contribution >= 0.6 is 0 Å². The molecule has 0 fully saturated rings. The molecule has 0 aliphatic rings. The third-order valence-electron chi connectivity index (χ3n) is 0. The molecule has 4 N–H and O–H groups in total. The van der Waals surface area contributed by atoms with Gasteiger partial charge in [0.15, 0.2) is 0 Å². The summed E-state index contributed by atoms with van der Waals surface area (Å²) in [6.45, 7) is 0. The molecule has 0 spiro atoms. The van der Waals surface area contributed by atoms with Gasteiger partial charge in [-0.2, -0.15) is 0 Å². The van der Waals surface area contributed by atoms with Crippen molar-refractivity contribution in [3.05, 3.63) is 0 Å². The van der Waals surface area contributed by atoms with E-state index < -0.39 is 0 Å². The van der Waals surface area contributed by atoms with E-state index in [0.29, 0.717) is 0 Å². The summed E-state index contributed by atoms with van der Waals surface area (Å²) in [4.78, 5) is 0. The van der Waals surface area contributed by atoms with Gasteiger partial charge in [-0.25, -0.2) is 0 Å². The van der Waals surface area contributed by atoms with Gasteiger partial charge in [-0.1, -0.05) is 0 Å². The standard InChI is InChI=1S/2H2O.3O.U/h2*1H2;;;;/q;;3*-2;+6. The molecule has 0 radical (unpaired) electrons. The van der Waals surface area contributed by atoms with E-state index >= 15 is 0 Å². The summed E-state index contributed by atoms with van der Waals surface area (Å²) in [5.41, 5.74) is 0. The van der Waals surface area contributed by atoms with Crippen molar-refractivity contribution < 1.29 is 58.5 Å². The Bertz CT molecular complexity index is 3.90. The average molecular weight is 322 g/mol. The predicted octanol–water partition coefficient (Wildman–Crippen LogP) is -2.01. The van der Waals surface area contributed by atoms with Crippen LogP contribution in [0.2, 0.25) is 0 Å². The zero-order chi connectivity index (χ0) is 0. The Morgan fingerprint density at radius 3 is 0.500 bits per heavy atom. The van der Waals surface area contributed by atoms with Crippen molar-refractivity contribution in [1.82, 2.24) is 0 Å². The largest absolute Gasteiger partial charge is 6.00 e. The first-order valence-corrected chi connectivity index (χ1v) is 0. The molecule has 38 valence electrons. The molecule has 0 atom stereocenters. The summed E-state index contributed by atoms with van der Waals surface area (Å²) in [5, 5.41) is 0. The van der Waals surface area contributed by atoms with E-state index in [1.807, 2.05) is 0 Å². The topological polar surface area (TPSA) is 148 Å². The molecule has 0 aliphatic heterocycles. The van der Waals surface area contributed by atoms with Crippen LogP contribution < -0.4 is 0 Å². The van der Waals surface area contributed by atoms with Crippen LogP contribution in [0.5, 0.6) is 0 Å². The molecule has 0 aliphatic carbocycles. The zero-order valence-corrected chi connectivity index (χ0v) is 6.89. The number of hydrogen-bond acceptors (Lipinski definition) is 0. The Morgan fingerprint density at radius 1 is 0.500 bits per heavy atom. The van der Waals surface area contributed by atoms with E-state index in [0.717, 1.165) is 0 Å². The summed E-state index contributed by atoms with van der Waals surface area (Å²) in [6, 6.07) is 0. The van der Waals surface area contributed by atoms with Gasteiger partial charge in [-0.15, -0.1) is 0 Å². The van der Waals surface area contributed by atoms with Gasteiger partial charge in [0.05, 0.1) is 0 Å². The molecule has 0 aromatic carbocycles. The Kier molecular flexibility index (Phi) is 10200. The van der Waals surface area contributed by atoms with Gasteiger partial charge in [0.25, 0.3) is 0 Å². The van der Waals surface area contributed by atoms with Crippen molar-refractivity contribution in [3.63, 3.8) is 0 Å². The minimum atomic E-state index is 0. The molecule has 0 aromatic rings. The fourth-order valence-corrected chi connectivity index (χ4v) is 0. The third-order valence-corrected chi connectivity index (χ3v) is 0. The van der Waals surface area contributed by atoms with E-state index in [2.05, 4.69) is 0 Å². The van der Waals surface area contributed by atoms with Gasteiger partial charge in [-0.3, -0.25) is 0 Å². The van der Waals surface area contributed by atoms with Crippen molar-refractivity contribution in [2.45, 2.75) is 0 Å². The van der Waals surface area contributed by atoms with E-state index in [9.17, 15) is 0 Å². The van der Waals surface area contributed by atoms with Crippen molar-refractivity contribution in [1.29, 1.82) is 0 Å². The normalized spacial score (nSPS) is 0. The maximum Gasteiger partial charge on any atom is 6.00 e. The molecule has 0 bridgehead atoms. The average Bonchev–Trinajstić information content (AvgIpc) is 0. The van der Waals surface area contributed by atoms with Gasteiger partial charge >= 0.3 is 31.1 Å². The Labute approximate surface area is 58.7 Å². The summed E-state index contributed by atoms with van der Waals surface area (Å²) in [7, 11) is 0. The van der Waals surface area contributed by atoms with Crippen LogP contribution in [0, 0.1) is 31.1 Å². The Hall–Kier alpha value is 0.852. The molecule has 0 heterocycles. The smallest absolute Gasteiger partial charge is 2.00 e. The van der Waals surface area contributed by atoms with Crippen molar-refractivity contribution in [2.24, 2.45) is 0 Å². The van der Waals surface area contributed by atoms with Gasteiger partial charge in [0.1, 0.15) is 0 Å². The quantitative estimate of drug-likeness (QED) is 0.485. The Morgan fingerprint density at radius 2 is 0.500 bits per heavy atom. The van der Waals surface area contributed by atoms with E-state index in [-0.39, 0.29) is 58.5 Å². The molecular weight excluding hydrogens is 318 g/mol. The summed E-state index contributed by atoms with van der Waals surface area (Å²) in [6.07, 6.45) is 0. The first kappa shape index (κ1) is 323. The monoisotopic (exact) mass is 322 g/mol. The molecule has 0 saturated heterocycles. The maximum atomic E-state index is 0. The fourth-order valence-electron chi connectivity index (χ4n) is 0. The van der Waals surface area contributed by atoms with Crippen molar-refractivity contribution in [2.75, 3.05) is 0 Å². The summed E-state index contributed by atoms with van der Waals surface area (Å²) in [5.74, 6) is 0. The van der Waals surface area contributed by atoms with Crippen LogP contribution in [-0.2, 0) is 16.4 Å². The molecular formula is H4O5U. The van der Waals surface area contributed by atoms with Gasteiger partial charge in [0, 0.05) is 0 Å². The molecule has 0 aromatic heterocycles. The second-order valence-electron chi connectivity index (χ2n) is 0. The first-order valence-electron chi connectivity index (χ1n) is 0. The van der Waals surface area contributed by atoms with Crippen molar-refractivity contribution in [3.8, 4) is 0 Å². The summed E-state index contributed by atoms with van der Waals surface area (Å²) < 4.78 is 0. The van der Waals surface area contributed by atoms with Crippen LogP contribution in [0.3, 0.4) is 0 Å². The predicted molar refractivity (Wildman–Crippen MR) is 9.29 cm³/mol. The van der Waals surface area contributed by atoms with Crippen molar-refractivity contribution >= 4 is 0 Å². The van der Waals surface area contributed by atoms with Crippen LogP contribution in [0.1, 0.15) is 0 Å². The first-order chi connectivity index (χ1) is 0. The van der Waals surface area contributed by atoms with E-state index in [1.165, 1.54) is 0 Å². The second-order valence-corrected chi connectivity index (χ2v) is 0. The minimum absolute atomic E-state index is 0. The summed E-state index contributed by atoms with van der Waals surface area (Å²) >= 11 is 0. The molecule has 0 rings (SSSR count). The minimum Gasteiger partial charge on any atom is -2.00 e. The van der Waals surface area contributed by atoms with Gasteiger partial charge < -0.3 is 27.4 Å². The number of hydrogen-bond donors (Lipinski definition) is 0. The molecule has 6 heavy (non-hydrogen) atoms. The molecule has 0 unspecified atom stereocenters. The SMILES string of the molecule is O.O.[O-2].[O-2].[O-2].[U+6]. The third kappa shape index (κ3) is 99.2. The van der Waals surface area contributed by atoms with E-state index in [4.69, 9.17) is 0 Å². The van der Waals surface area contributed by atoms with Crippen LogP contribution in [0.25, 0.3) is 0 Å². The van der Waals surface area contributed by atoms with Crippen LogP contribution in [0.15, 0.2) is 0 Å². The molecule has 0 amide bonds. The number of rotatable bonds is 0. The van der Waals surface area contributed by atoms with Gasteiger partial charge in [-0.05, 0) is 0 Å². The van der Waals surface area contributed by atoms with Crippen LogP contribution in [0.4, 0.5) is 0 Å². The second kappa shape index (κ2) is 190.